The van der Waals surface area contributed by atoms with Crippen molar-refractivity contribution in [2.24, 2.45) is 0 Å². The first-order chi connectivity index (χ1) is 12.3. The highest BCUT2D eigenvalue weighted by Crippen LogP contribution is 2.34. The zero-order valence-electron chi connectivity index (χ0n) is 13.8. The molecule has 10 nitrogen and oxygen atoms in total. The molecule has 1 amide bonds. The lowest BCUT2D eigenvalue weighted by Crippen LogP contribution is -2.63. The summed E-state index contributed by atoms with van der Waals surface area (Å²) in [7, 11) is 1.59. The third-order valence-corrected chi connectivity index (χ3v) is 4.70. The number of carboxylic acids is 1. The molecule has 0 aliphatic carbocycles. The summed E-state index contributed by atoms with van der Waals surface area (Å²) in [6, 6.07) is 3.23. The average molecular weight is 367 g/mol. The maximum absolute atomic E-state index is 12.4. The Morgan fingerprint density at radius 2 is 2.08 bits per heavy atom. The quantitative estimate of drug-likeness (QED) is 0.503. The van der Waals surface area contributed by atoms with Gasteiger partial charge in [0.25, 0.3) is 5.91 Å². The maximum atomic E-state index is 12.4. The predicted octanol–water partition coefficient (Wildman–Crippen LogP) is -3.07. The van der Waals surface area contributed by atoms with Crippen LogP contribution in [0.25, 0.3) is 0 Å². The minimum absolute atomic E-state index is 0.224. The second-order valence-corrected chi connectivity index (χ2v) is 6.33. The molecular weight excluding hydrogens is 348 g/mol. The van der Waals surface area contributed by atoms with Crippen molar-refractivity contribution in [1.82, 2.24) is 9.88 Å². The molecule has 2 saturated heterocycles. The van der Waals surface area contributed by atoms with E-state index >= 15 is 0 Å². The molecule has 26 heavy (non-hydrogen) atoms. The third-order valence-electron chi connectivity index (χ3n) is 4.70. The largest absolute Gasteiger partial charge is 0.547 e. The number of amides is 1. The van der Waals surface area contributed by atoms with Gasteiger partial charge < -0.3 is 39.6 Å². The maximum Gasteiger partial charge on any atom is 0.252 e. The van der Waals surface area contributed by atoms with Crippen LogP contribution in [0.5, 0.6) is 0 Å². The fourth-order valence-electron chi connectivity index (χ4n) is 3.21. The van der Waals surface area contributed by atoms with E-state index in [1.54, 1.807) is 25.5 Å². The van der Waals surface area contributed by atoms with E-state index in [1.165, 1.54) is 4.90 Å². The number of hydrogen-bond donors (Lipinski definition) is 3. The van der Waals surface area contributed by atoms with Gasteiger partial charge in [0.15, 0.2) is 6.29 Å². The van der Waals surface area contributed by atoms with Crippen molar-refractivity contribution in [1.29, 1.82) is 0 Å². The molecule has 10 heteroatoms. The van der Waals surface area contributed by atoms with Crippen LogP contribution in [0.4, 0.5) is 0 Å². The monoisotopic (exact) mass is 367 g/mol. The van der Waals surface area contributed by atoms with E-state index in [9.17, 15) is 30.0 Å². The molecule has 7 atom stereocenters. The van der Waals surface area contributed by atoms with Gasteiger partial charge in [-0.15, -0.1) is 0 Å². The lowest BCUT2D eigenvalue weighted by atomic mass is 9.99. The van der Waals surface area contributed by atoms with Crippen molar-refractivity contribution in [3.8, 4) is 0 Å². The smallest absolute Gasteiger partial charge is 0.252 e. The topological polar surface area (TPSA) is 152 Å². The van der Waals surface area contributed by atoms with E-state index in [4.69, 9.17) is 9.47 Å². The van der Waals surface area contributed by atoms with Crippen LogP contribution in [0.1, 0.15) is 18.0 Å². The fourth-order valence-corrected chi connectivity index (χ4v) is 3.21. The summed E-state index contributed by atoms with van der Waals surface area (Å²) in [4.78, 5) is 28.9. The fraction of sp³-hybridized carbons (Fsp3) is 0.562. The molecule has 3 heterocycles. The molecule has 1 aromatic rings. The standard InChI is InChI=1S/C16H20N2O8/c1-18-8(7-3-2-4-17-6-7)5-9(14(18)22)25-16-12(21)10(19)11(20)13(26-16)15(23)24/h2-4,6,8-13,16,19-21H,5H2,1H3,(H,23,24)/p-1/t8-,9+,10-,11-,12+,13-,16-/m0/s1. The van der Waals surface area contributed by atoms with Crippen LogP contribution < -0.4 is 5.11 Å². The van der Waals surface area contributed by atoms with Gasteiger partial charge in [-0.05, 0) is 11.6 Å². The van der Waals surface area contributed by atoms with Gasteiger partial charge in [-0.1, -0.05) is 6.07 Å². The summed E-state index contributed by atoms with van der Waals surface area (Å²) >= 11 is 0. The molecule has 3 N–H and O–H groups in total. The predicted molar refractivity (Wildman–Crippen MR) is 80.9 cm³/mol. The van der Waals surface area contributed by atoms with Crippen LogP contribution in [0.3, 0.4) is 0 Å². The van der Waals surface area contributed by atoms with Gasteiger partial charge in [0.2, 0.25) is 0 Å². The van der Waals surface area contributed by atoms with Gasteiger partial charge in [0.1, 0.15) is 30.5 Å². The minimum atomic E-state index is -1.89. The van der Waals surface area contributed by atoms with E-state index in [0.29, 0.717) is 0 Å². The number of aliphatic carboxylic acids is 1. The van der Waals surface area contributed by atoms with E-state index in [1.807, 2.05) is 6.07 Å². The lowest BCUT2D eigenvalue weighted by Gasteiger charge is -2.41. The van der Waals surface area contributed by atoms with Crippen LogP contribution >= 0.6 is 0 Å². The van der Waals surface area contributed by atoms with Crippen molar-refractivity contribution in [3.63, 3.8) is 0 Å². The van der Waals surface area contributed by atoms with Gasteiger partial charge in [-0.2, -0.15) is 0 Å². The number of aliphatic hydroxyl groups excluding tert-OH is 3. The zero-order valence-corrected chi connectivity index (χ0v) is 13.8. The molecule has 0 aromatic carbocycles. The number of likely N-dealkylation sites (tertiary alicyclic amines) is 1. The van der Waals surface area contributed by atoms with E-state index in [0.717, 1.165) is 5.56 Å². The summed E-state index contributed by atoms with van der Waals surface area (Å²) in [5, 5.41) is 40.5. The summed E-state index contributed by atoms with van der Waals surface area (Å²) in [6.07, 6.45) is -6.48. The van der Waals surface area contributed by atoms with E-state index in [2.05, 4.69) is 4.98 Å². The van der Waals surface area contributed by atoms with Gasteiger partial charge in [-0.25, -0.2) is 0 Å². The van der Waals surface area contributed by atoms with Gasteiger partial charge in [-0.3, -0.25) is 9.78 Å². The van der Waals surface area contributed by atoms with Crippen molar-refractivity contribution >= 4 is 11.9 Å². The van der Waals surface area contributed by atoms with Crippen LogP contribution in [0.2, 0.25) is 0 Å². The SMILES string of the molecule is CN1C(=O)[C@H](O[C@H]2O[C@H](C(=O)[O-])[C@@H](O)[C@H](O)[C@H]2O)C[C@H]1c1cccnc1. The Labute approximate surface area is 148 Å². The number of pyridine rings is 1. The Morgan fingerprint density at radius 3 is 2.69 bits per heavy atom. The highest BCUT2D eigenvalue weighted by Gasteiger charge is 2.48. The summed E-state index contributed by atoms with van der Waals surface area (Å²) < 4.78 is 10.5. The normalized spacial score (nSPS) is 37.8. The average Bonchev–Trinajstić information content (AvgIpc) is 2.91. The van der Waals surface area contributed by atoms with E-state index in [-0.39, 0.29) is 18.4 Å². The number of likely N-dealkylation sites (N-methyl/N-ethyl adjacent to an activating group) is 1. The van der Waals surface area contributed by atoms with Crippen LogP contribution in [-0.2, 0) is 19.1 Å². The third kappa shape index (κ3) is 3.29. The number of nitrogens with zero attached hydrogens (tertiary/aromatic N) is 2. The molecule has 2 fully saturated rings. The van der Waals surface area contributed by atoms with Crippen molar-refractivity contribution in [2.75, 3.05) is 7.05 Å². The van der Waals surface area contributed by atoms with E-state index < -0.39 is 42.8 Å². The minimum Gasteiger partial charge on any atom is -0.547 e. The first-order valence-electron chi connectivity index (χ1n) is 8.04. The van der Waals surface area contributed by atoms with Gasteiger partial charge in [0, 0.05) is 25.9 Å². The second-order valence-electron chi connectivity index (χ2n) is 6.33. The second kappa shape index (κ2) is 7.25. The van der Waals surface area contributed by atoms with Crippen molar-refractivity contribution in [3.05, 3.63) is 30.1 Å². The Hall–Kier alpha value is -2.11. The number of carbonyl (C=O) groups is 2. The molecule has 3 rings (SSSR count). The zero-order chi connectivity index (χ0) is 19.0. The molecule has 2 aliphatic rings. The molecule has 0 unspecified atom stereocenters. The first kappa shape index (κ1) is 18.7. The molecule has 0 saturated carbocycles. The van der Waals surface area contributed by atoms with Crippen molar-refractivity contribution < 1.29 is 39.5 Å². The number of hydrogen-bond acceptors (Lipinski definition) is 9. The van der Waals surface area contributed by atoms with Gasteiger partial charge >= 0.3 is 0 Å². The van der Waals surface area contributed by atoms with Crippen LogP contribution in [0, 0.1) is 0 Å². The van der Waals surface area contributed by atoms with Crippen LogP contribution in [-0.4, -0.2) is 80.9 Å². The molecular formula is C16H19N2O8-. The molecule has 2 aliphatic heterocycles. The Kier molecular flexibility index (Phi) is 5.21. The number of aliphatic hydroxyl groups is 3. The number of carboxylic acid groups (broad SMARTS) is 1. The Balaban J connectivity index is 1.73. The van der Waals surface area contributed by atoms with Crippen LogP contribution in [0.15, 0.2) is 24.5 Å². The lowest BCUT2D eigenvalue weighted by molar-refractivity contribution is -0.351. The highest BCUT2D eigenvalue weighted by atomic mass is 16.7. The Bertz CT molecular complexity index is 671. The molecule has 0 spiro atoms. The summed E-state index contributed by atoms with van der Waals surface area (Å²) in [5.41, 5.74) is 0.794. The number of aromatic nitrogens is 1. The number of carbonyl (C=O) groups excluding carboxylic acids is 2. The summed E-state index contributed by atoms with van der Waals surface area (Å²) in [5.74, 6) is -2.15. The number of rotatable bonds is 4. The summed E-state index contributed by atoms with van der Waals surface area (Å²) in [6.45, 7) is 0. The molecule has 1 aromatic heterocycles. The number of ether oxygens (including phenoxy) is 2. The highest BCUT2D eigenvalue weighted by molar-refractivity contribution is 5.83. The first-order valence-corrected chi connectivity index (χ1v) is 8.04. The van der Waals surface area contributed by atoms with Crippen molar-refractivity contribution in [2.45, 2.75) is 49.3 Å². The molecule has 0 radical (unpaired) electrons. The Morgan fingerprint density at radius 1 is 1.35 bits per heavy atom. The molecule has 142 valence electrons. The van der Waals surface area contributed by atoms with Gasteiger partial charge in [0.05, 0.1) is 12.0 Å². The molecule has 0 bridgehead atoms.